The van der Waals surface area contributed by atoms with Crippen molar-refractivity contribution in [3.05, 3.63) is 52.4 Å². The molecule has 2 N–H and O–H groups in total. The molecular weight excluding hydrogens is 262 g/mol. The first-order valence-corrected chi connectivity index (χ1v) is 6.06. The fourth-order valence-corrected chi connectivity index (χ4v) is 1.74. The summed E-state index contributed by atoms with van der Waals surface area (Å²) in [6, 6.07) is 7.01. The molecule has 0 aliphatic heterocycles. The number of methoxy groups -OCH3 is 1. The van der Waals surface area contributed by atoms with Gasteiger partial charge in [0.1, 0.15) is 4.64 Å². The van der Waals surface area contributed by atoms with Crippen molar-refractivity contribution >= 4 is 18.1 Å². The van der Waals surface area contributed by atoms with Gasteiger partial charge >= 0.3 is 0 Å². The number of hydrogen-bond acceptors (Lipinski definition) is 4. The molecule has 0 atom stereocenters. The molecule has 98 valence electrons. The van der Waals surface area contributed by atoms with E-state index in [1.165, 1.54) is 0 Å². The molecular formula is C13H13N3O2S. The van der Waals surface area contributed by atoms with Gasteiger partial charge in [0.15, 0.2) is 0 Å². The zero-order chi connectivity index (χ0) is 13.7. The minimum absolute atomic E-state index is 0.210. The lowest BCUT2D eigenvalue weighted by molar-refractivity contribution is 0.0950. The molecule has 0 unspecified atom stereocenters. The smallest absolute Gasteiger partial charge is 0.254 e. The molecule has 19 heavy (non-hydrogen) atoms. The second-order valence-corrected chi connectivity index (χ2v) is 4.21. The third-order valence-corrected chi connectivity index (χ3v) is 2.86. The van der Waals surface area contributed by atoms with Crippen LogP contribution >= 0.6 is 12.2 Å². The van der Waals surface area contributed by atoms with Gasteiger partial charge in [-0.1, -0.05) is 18.3 Å². The van der Waals surface area contributed by atoms with Crippen LogP contribution in [0.2, 0.25) is 0 Å². The van der Waals surface area contributed by atoms with Gasteiger partial charge in [-0.2, -0.15) is 0 Å². The van der Waals surface area contributed by atoms with E-state index >= 15 is 0 Å². The van der Waals surface area contributed by atoms with Gasteiger partial charge < -0.3 is 15.0 Å². The van der Waals surface area contributed by atoms with Gasteiger partial charge in [0.25, 0.3) is 5.91 Å². The summed E-state index contributed by atoms with van der Waals surface area (Å²) in [7, 11) is 1.56. The number of nitrogens with zero attached hydrogens (tertiary/aromatic N) is 1. The maximum Gasteiger partial charge on any atom is 0.254 e. The average molecular weight is 275 g/mol. The van der Waals surface area contributed by atoms with Crippen molar-refractivity contribution in [2.24, 2.45) is 0 Å². The first-order chi connectivity index (χ1) is 9.20. The molecule has 2 aromatic heterocycles. The highest BCUT2D eigenvalue weighted by Crippen LogP contribution is 2.07. The molecule has 0 saturated heterocycles. The number of amides is 1. The summed E-state index contributed by atoms with van der Waals surface area (Å²) in [6.45, 7) is 0.388. The third kappa shape index (κ3) is 3.38. The van der Waals surface area contributed by atoms with Crippen LogP contribution in [0.5, 0.6) is 5.88 Å². The van der Waals surface area contributed by atoms with E-state index in [1.54, 1.807) is 37.7 Å². The van der Waals surface area contributed by atoms with E-state index in [9.17, 15) is 4.79 Å². The Bertz CT molecular complexity index is 622. The van der Waals surface area contributed by atoms with Crippen molar-refractivity contribution in [2.45, 2.75) is 6.54 Å². The Morgan fingerprint density at radius 3 is 2.95 bits per heavy atom. The number of ether oxygens (including phenoxy) is 1. The summed E-state index contributed by atoms with van der Waals surface area (Å²) in [6.07, 6.45) is 3.34. The number of carbonyl (C=O) groups is 1. The lowest BCUT2D eigenvalue weighted by Crippen LogP contribution is -2.23. The number of hydrogen-bond donors (Lipinski definition) is 2. The van der Waals surface area contributed by atoms with Crippen LogP contribution in [0.4, 0.5) is 0 Å². The predicted molar refractivity (Wildman–Crippen MR) is 73.6 cm³/mol. The van der Waals surface area contributed by atoms with E-state index in [2.05, 4.69) is 15.3 Å². The molecule has 5 nitrogen and oxygen atoms in total. The van der Waals surface area contributed by atoms with Crippen molar-refractivity contribution < 1.29 is 9.53 Å². The molecule has 0 aliphatic rings. The van der Waals surface area contributed by atoms with Crippen LogP contribution in [-0.2, 0) is 6.54 Å². The largest absolute Gasteiger partial charge is 0.481 e. The number of aromatic amines is 1. The first kappa shape index (κ1) is 13.2. The zero-order valence-electron chi connectivity index (χ0n) is 10.3. The van der Waals surface area contributed by atoms with Crippen LogP contribution in [0.15, 0.2) is 36.7 Å². The van der Waals surface area contributed by atoms with Crippen LogP contribution in [-0.4, -0.2) is 23.0 Å². The number of pyridine rings is 2. The van der Waals surface area contributed by atoms with Gasteiger partial charge in [0.05, 0.1) is 12.7 Å². The zero-order valence-corrected chi connectivity index (χ0v) is 11.2. The van der Waals surface area contributed by atoms with Gasteiger partial charge in [-0.25, -0.2) is 4.98 Å². The molecule has 1 amide bonds. The van der Waals surface area contributed by atoms with Gasteiger partial charge in [-0.15, -0.1) is 0 Å². The highest BCUT2D eigenvalue weighted by molar-refractivity contribution is 7.71. The molecule has 0 saturated carbocycles. The summed E-state index contributed by atoms with van der Waals surface area (Å²) < 4.78 is 5.39. The Kier molecular flexibility index (Phi) is 4.25. The van der Waals surface area contributed by atoms with E-state index in [-0.39, 0.29) is 5.91 Å². The second kappa shape index (κ2) is 6.10. The fraction of sp³-hybridized carbons (Fsp3) is 0.154. The molecule has 0 bridgehead atoms. The van der Waals surface area contributed by atoms with Gasteiger partial charge in [0.2, 0.25) is 5.88 Å². The van der Waals surface area contributed by atoms with Crippen molar-refractivity contribution in [1.29, 1.82) is 0 Å². The topological polar surface area (TPSA) is 67.0 Å². The third-order valence-electron chi connectivity index (χ3n) is 2.52. The van der Waals surface area contributed by atoms with Crippen LogP contribution in [0, 0.1) is 4.64 Å². The SMILES string of the molecule is COc1ccc(CNC(=O)c2ccc[nH]c2=S)cn1. The van der Waals surface area contributed by atoms with Crippen molar-refractivity contribution in [3.63, 3.8) is 0 Å². The van der Waals surface area contributed by atoms with Crippen LogP contribution < -0.4 is 10.1 Å². The van der Waals surface area contributed by atoms with E-state index in [0.717, 1.165) is 5.56 Å². The summed E-state index contributed by atoms with van der Waals surface area (Å²) in [4.78, 5) is 18.8. The summed E-state index contributed by atoms with van der Waals surface area (Å²) in [5.74, 6) is 0.332. The van der Waals surface area contributed by atoms with Crippen LogP contribution in [0.1, 0.15) is 15.9 Å². The van der Waals surface area contributed by atoms with Gasteiger partial charge in [0, 0.05) is 25.0 Å². The van der Waals surface area contributed by atoms with Gasteiger partial charge in [-0.05, 0) is 17.7 Å². The Hall–Kier alpha value is -2.21. The number of rotatable bonds is 4. The minimum Gasteiger partial charge on any atom is -0.481 e. The number of aromatic nitrogens is 2. The molecule has 0 fully saturated rings. The Labute approximate surface area is 115 Å². The van der Waals surface area contributed by atoms with Crippen LogP contribution in [0.25, 0.3) is 0 Å². The van der Waals surface area contributed by atoms with Crippen molar-refractivity contribution in [2.75, 3.05) is 7.11 Å². The molecule has 0 aliphatic carbocycles. The normalized spacial score (nSPS) is 9.95. The molecule has 2 rings (SSSR count). The van der Waals surface area contributed by atoms with Crippen molar-refractivity contribution in [3.8, 4) is 5.88 Å². The molecule has 0 aromatic carbocycles. The number of nitrogens with one attached hydrogen (secondary N) is 2. The summed E-state index contributed by atoms with van der Waals surface area (Å²) in [5.41, 5.74) is 1.35. The highest BCUT2D eigenvalue weighted by atomic mass is 32.1. The Morgan fingerprint density at radius 2 is 2.32 bits per heavy atom. The first-order valence-electron chi connectivity index (χ1n) is 5.65. The lowest BCUT2D eigenvalue weighted by Gasteiger charge is -2.05. The number of carbonyl (C=O) groups excluding carboxylic acids is 1. The number of H-pyrrole nitrogens is 1. The molecule has 2 aromatic rings. The fourth-order valence-electron chi connectivity index (χ4n) is 1.51. The molecule has 0 spiro atoms. The standard InChI is InChI=1S/C13H13N3O2S/c1-18-11-5-4-9(7-15-11)8-16-12(17)10-3-2-6-14-13(10)19/h2-7H,8H2,1H3,(H,14,19)(H,16,17). The Morgan fingerprint density at radius 1 is 1.47 bits per heavy atom. The summed E-state index contributed by atoms with van der Waals surface area (Å²) in [5, 5.41) is 2.79. The molecule has 0 radical (unpaired) electrons. The van der Waals surface area contributed by atoms with E-state index in [0.29, 0.717) is 22.6 Å². The highest BCUT2D eigenvalue weighted by Gasteiger charge is 2.06. The van der Waals surface area contributed by atoms with E-state index < -0.39 is 0 Å². The molecule has 2 heterocycles. The Balaban J connectivity index is 2.00. The van der Waals surface area contributed by atoms with Crippen LogP contribution in [0.3, 0.4) is 0 Å². The average Bonchev–Trinajstić information content (AvgIpc) is 2.46. The monoisotopic (exact) mass is 275 g/mol. The molecule has 6 heteroatoms. The lowest BCUT2D eigenvalue weighted by atomic mass is 10.2. The van der Waals surface area contributed by atoms with Crippen molar-refractivity contribution in [1.82, 2.24) is 15.3 Å². The second-order valence-electron chi connectivity index (χ2n) is 3.80. The van der Waals surface area contributed by atoms with E-state index in [1.807, 2.05) is 6.07 Å². The maximum absolute atomic E-state index is 11.9. The minimum atomic E-state index is -0.210. The quantitative estimate of drug-likeness (QED) is 0.838. The van der Waals surface area contributed by atoms with Gasteiger partial charge in [-0.3, -0.25) is 4.79 Å². The predicted octanol–water partition coefficient (Wildman–Crippen LogP) is 2.08. The van der Waals surface area contributed by atoms with E-state index in [4.69, 9.17) is 17.0 Å². The summed E-state index contributed by atoms with van der Waals surface area (Å²) >= 11 is 5.05. The maximum atomic E-state index is 11.9.